The highest BCUT2D eigenvalue weighted by Crippen LogP contribution is 1.86. The van der Waals surface area contributed by atoms with E-state index in [9.17, 15) is 4.79 Å². The molecule has 2 nitrogen and oxygen atoms in total. The second kappa shape index (κ2) is 3.65. The Kier molecular flexibility index (Phi) is 1.41. The molecule has 0 saturated heterocycles. The van der Waals surface area contributed by atoms with Crippen LogP contribution < -0.4 is 0 Å². The van der Waals surface area contributed by atoms with Gasteiger partial charge >= 0.3 is 5.97 Å². The standard InChI is InChI=1S/C5H10O2/c1-3-4-5(6)7-2/h3-4H2,1-2H3/i2D3. The van der Waals surface area contributed by atoms with E-state index in [-0.39, 0.29) is 6.42 Å². The lowest BCUT2D eigenvalue weighted by Gasteiger charge is -1.91. The molecular weight excluding hydrogens is 92.1 g/mol. The molecule has 0 aliphatic heterocycles. The highest BCUT2D eigenvalue weighted by atomic mass is 16.5. The van der Waals surface area contributed by atoms with Gasteiger partial charge in [0.15, 0.2) is 0 Å². The maximum absolute atomic E-state index is 10.5. The Morgan fingerprint density at radius 2 is 2.71 bits per heavy atom. The highest BCUT2D eigenvalue weighted by Gasteiger charge is 1.92. The van der Waals surface area contributed by atoms with Gasteiger partial charge in [0.05, 0.1) is 11.2 Å². The Morgan fingerprint density at radius 3 is 3.14 bits per heavy atom. The molecule has 0 N–H and O–H groups in total. The molecule has 0 saturated carbocycles. The van der Waals surface area contributed by atoms with Crippen molar-refractivity contribution in [3.63, 3.8) is 0 Å². The Balaban J connectivity index is 3.58. The fraction of sp³-hybridized carbons (Fsp3) is 0.800. The minimum absolute atomic E-state index is 0.165. The lowest BCUT2D eigenvalue weighted by Crippen LogP contribution is -1.97. The van der Waals surface area contributed by atoms with Crippen molar-refractivity contribution in [3.8, 4) is 0 Å². The zero-order valence-corrected chi connectivity index (χ0v) is 4.23. The predicted octanol–water partition coefficient (Wildman–Crippen LogP) is 0.960. The first-order valence-electron chi connectivity index (χ1n) is 3.67. The third kappa shape index (κ3) is 3.30. The van der Waals surface area contributed by atoms with Gasteiger partial charge in [-0.15, -0.1) is 0 Å². The number of carbonyl (C=O) groups is 1. The Morgan fingerprint density at radius 1 is 2.00 bits per heavy atom. The number of methoxy groups -OCH3 is 1. The van der Waals surface area contributed by atoms with Gasteiger partial charge in [-0.2, -0.15) is 0 Å². The number of hydrogen-bond donors (Lipinski definition) is 0. The van der Waals surface area contributed by atoms with Crippen molar-refractivity contribution in [2.45, 2.75) is 19.8 Å². The monoisotopic (exact) mass is 105 g/mol. The molecule has 0 spiro atoms. The maximum Gasteiger partial charge on any atom is 0.305 e. The smallest absolute Gasteiger partial charge is 0.305 e. The molecule has 0 atom stereocenters. The van der Waals surface area contributed by atoms with Gasteiger partial charge in [-0.1, -0.05) is 6.92 Å². The first kappa shape index (κ1) is 2.70. The summed E-state index contributed by atoms with van der Waals surface area (Å²) in [4.78, 5) is 10.5. The molecule has 2 heteroatoms. The number of ether oxygens (including phenoxy) is 1. The summed E-state index contributed by atoms with van der Waals surface area (Å²) in [5.74, 6) is -0.664. The van der Waals surface area contributed by atoms with E-state index in [0.717, 1.165) is 0 Å². The molecule has 0 amide bonds. The van der Waals surface area contributed by atoms with Crippen LogP contribution in [-0.2, 0) is 9.53 Å². The van der Waals surface area contributed by atoms with E-state index < -0.39 is 13.0 Å². The van der Waals surface area contributed by atoms with Crippen LogP contribution in [0.25, 0.3) is 0 Å². The van der Waals surface area contributed by atoms with E-state index in [0.29, 0.717) is 6.42 Å². The molecule has 0 aromatic carbocycles. The molecule has 0 fully saturated rings. The van der Waals surface area contributed by atoms with Gasteiger partial charge < -0.3 is 4.74 Å². The number of esters is 1. The van der Waals surface area contributed by atoms with Crippen LogP contribution in [0.4, 0.5) is 0 Å². The summed E-state index contributed by atoms with van der Waals surface area (Å²) in [6.45, 7) is 1.78. The van der Waals surface area contributed by atoms with E-state index in [1.165, 1.54) is 0 Å². The molecule has 0 aromatic rings. The van der Waals surface area contributed by atoms with Gasteiger partial charge in [-0.3, -0.25) is 4.79 Å². The van der Waals surface area contributed by atoms with E-state index >= 15 is 0 Å². The third-order valence-corrected chi connectivity index (χ3v) is 0.568. The Labute approximate surface area is 47.7 Å². The third-order valence-electron chi connectivity index (χ3n) is 0.568. The van der Waals surface area contributed by atoms with Crippen molar-refractivity contribution in [1.82, 2.24) is 0 Å². The molecule has 0 unspecified atom stereocenters. The largest absolute Gasteiger partial charge is 0.469 e. The second-order valence-electron chi connectivity index (χ2n) is 1.22. The van der Waals surface area contributed by atoms with Crippen LogP contribution in [-0.4, -0.2) is 13.0 Å². The highest BCUT2D eigenvalue weighted by molar-refractivity contribution is 5.68. The molecule has 0 aliphatic rings. The fourth-order valence-electron chi connectivity index (χ4n) is 0.255. The SMILES string of the molecule is [2H]C([2H])([2H])OC(=O)CCC. The van der Waals surface area contributed by atoms with Gasteiger partial charge in [0.25, 0.3) is 0 Å². The minimum atomic E-state index is -2.58. The topological polar surface area (TPSA) is 26.3 Å². The quantitative estimate of drug-likeness (QED) is 0.489. The molecule has 0 aromatic heterocycles. The summed E-state index contributed by atoms with van der Waals surface area (Å²) in [6.07, 6.45) is 0.771. The summed E-state index contributed by atoms with van der Waals surface area (Å²) in [6, 6.07) is 0. The summed E-state index contributed by atoms with van der Waals surface area (Å²) < 4.78 is 23.6. The molecule has 7 heavy (non-hydrogen) atoms. The van der Waals surface area contributed by atoms with Crippen LogP contribution in [0.1, 0.15) is 23.9 Å². The zero-order valence-electron chi connectivity index (χ0n) is 7.23. The minimum Gasteiger partial charge on any atom is -0.469 e. The summed E-state index contributed by atoms with van der Waals surface area (Å²) in [5, 5.41) is 0. The van der Waals surface area contributed by atoms with E-state index in [4.69, 9.17) is 4.11 Å². The van der Waals surface area contributed by atoms with Crippen LogP contribution in [0.15, 0.2) is 0 Å². The van der Waals surface area contributed by atoms with Gasteiger partial charge in [0.2, 0.25) is 0 Å². The number of hydrogen-bond acceptors (Lipinski definition) is 2. The number of rotatable bonds is 2. The second-order valence-corrected chi connectivity index (χ2v) is 1.22. The van der Waals surface area contributed by atoms with Crippen molar-refractivity contribution in [2.75, 3.05) is 7.04 Å². The predicted molar refractivity (Wildman–Crippen MR) is 26.9 cm³/mol. The summed E-state index contributed by atoms with van der Waals surface area (Å²) in [7, 11) is -2.58. The van der Waals surface area contributed by atoms with E-state index in [2.05, 4.69) is 4.74 Å². The van der Waals surface area contributed by atoms with Crippen molar-refractivity contribution in [3.05, 3.63) is 0 Å². The van der Waals surface area contributed by atoms with Crippen molar-refractivity contribution < 1.29 is 13.6 Å². The molecule has 0 aliphatic carbocycles. The van der Waals surface area contributed by atoms with Crippen molar-refractivity contribution in [2.24, 2.45) is 0 Å². The van der Waals surface area contributed by atoms with Gasteiger partial charge in [0, 0.05) is 6.42 Å². The Bertz CT molecular complexity index is 119. The van der Waals surface area contributed by atoms with Gasteiger partial charge in [-0.05, 0) is 6.42 Å². The average Bonchev–Trinajstić information content (AvgIpc) is 1.59. The molecule has 0 bridgehead atoms. The normalized spacial score (nSPS) is 16.4. The fourth-order valence-corrected chi connectivity index (χ4v) is 0.255. The van der Waals surface area contributed by atoms with E-state index in [1.54, 1.807) is 6.92 Å². The van der Waals surface area contributed by atoms with Crippen molar-refractivity contribution in [1.29, 1.82) is 0 Å². The maximum atomic E-state index is 10.5. The lowest BCUT2D eigenvalue weighted by atomic mass is 10.3. The molecule has 0 rings (SSSR count). The van der Waals surface area contributed by atoms with Crippen molar-refractivity contribution >= 4 is 5.97 Å². The summed E-state index contributed by atoms with van der Waals surface area (Å²) >= 11 is 0. The lowest BCUT2D eigenvalue weighted by molar-refractivity contribution is -0.140. The van der Waals surface area contributed by atoms with Crippen LogP contribution in [0.3, 0.4) is 0 Å². The van der Waals surface area contributed by atoms with Gasteiger partial charge in [-0.25, -0.2) is 0 Å². The average molecular weight is 105 g/mol. The first-order chi connectivity index (χ1) is 4.45. The van der Waals surface area contributed by atoms with Crippen LogP contribution >= 0.6 is 0 Å². The van der Waals surface area contributed by atoms with Crippen LogP contribution in [0.2, 0.25) is 0 Å². The molecule has 0 heterocycles. The molecule has 0 radical (unpaired) electrons. The van der Waals surface area contributed by atoms with Gasteiger partial charge in [0.1, 0.15) is 0 Å². The van der Waals surface area contributed by atoms with E-state index in [1.807, 2.05) is 0 Å². The molecular formula is C5H10O2. The Hall–Kier alpha value is -0.530. The van der Waals surface area contributed by atoms with Crippen LogP contribution in [0, 0.1) is 0 Å². The zero-order chi connectivity index (χ0) is 8.20. The molecule has 42 valence electrons. The van der Waals surface area contributed by atoms with Crippen LogP contribution in [0.5, 0.6) is 0 Å². The summed E-state index contributed by atoms with van der Waals surface area (Å²) in [5.41, 5.74) is 0. The first-order valence-corrected chi connectivity index (χ1v) is 2.17. The number of carbonyl (C=O) groups excluding carboxylic acids is 1.